The molecule has 2 atom stereocenters. The highest BCUT2D eigenvalue weighted by Gasteiger charge is 2.20. The van der Waals surface area contributed by atoms with Gasteiger partial charge in [-0.2, -0.15) is 0 Å². The van der Waals surface area contributed by atoms with Crippen molar-refractivity contribution in [2.45, 2.75) is 142 Å². The molecule has 0 amide bonds. The van der Waals surface area contributed by atoms with Gasteiger partial charge < -0.3 is 27.9 Å². The van der Waals surface area contributed by atoms with Crippen molar-refractivity contribution in [3.63, 3.8) is 0 Å². The highest BCUT2D eigenvalue weighted by molar-refractivity contribution is 7.45. The van der Waals surface area contributed by atoms with Gasteiger partial charge in [0.05, 0.1) is 34.4 Å². The molecular weight excluding hydrogens is 649 g/mol. The Morgan fingerprint density at radius 1 is 0.640 bits per heavy atom. The average molecular weight is 724 g/mol. The van der Waals surface area contributed by atoms with E-state index in [0.29, 0.717) is 24.1 Å². The summed E-state index contributed by atoms with van der Waals surface area (Å²) in [5.74, 6) is -0.380. The molecule has 50 heavy (non-hydrogen) atoms. The van der Waals surface area contributed by atoms with Gasteiger partial charge in [-0.05, 0) is 77.0 Å². The lowest BCUT2D eigenvalue weighted by Gasteiger charge is -2.28. The van der Waals surface area contributed by atoms with E-state index in [9.17, 15) is 14.3 Å². The van der Waals surface area contributed by atoms with Crippen LogP contribution in [-0.2, 0) is 27.9 Å². The molecule has 0 radical (unpaired) electrons. The van der Waals surface area contributed by atoms with Crippen molar-refractivity contribution in [1.82, 2.24) is 0 Å². The minimum Gasteiger partial charge on any atom is -0.756 e. The first-order valence-corrected chi connectivity index (χ1v) is 21.0. The highest BCUT2D eigenvalue weighted by Crippen LogP contribution is 2.38. The summed E-state index contributed by atoms with van der Waals surface area (Å²) in [6, 6.07) is 0. The summed E-state index contributed by atoms with van der Waals surface area (Å²) in [5.41, 5.74) is 0. The SMILES string of the molecule is CC/C=C\C/C=C\C/C=C\C/C=C\CCCCC(=O)OC(COCCCCCCCC/C=C\CCCCC)COP(=O)([O-])OCC[N+](C)(C)C. The van der Waals surface area contributed by atoms with E-state index in [4.69, 9.17) is 18.5 Å². The molecule has 0 aliphatic carbocycles. The zero-order chi connectivity index (χ0) is 37.0. The first-order valence-electron chi connectivity index (χ1n) is 19.5. The van der Waals surface area contributed by atoms with E-state index >= 15 is 0 Å². The van der Waals surface area contributed by atoms with Gasteiger partial charge in [-0.3, -0.25) is 9.36 Å². The Balaban J connectivity index is 4.40. The van der Waals surface area contributed by atoms with Gasteiger partial charge in [0.15, 0.2) is 0 Å². The quantitative estimate of drug-likeness (QED) is 0.0211. The fourth-order valence-electron chi connectivity index (χ4n) is 4.76. The summed E-state index contributed by atoms with van der Waals surface area (Å²) in [6.45, 7) is 5.17. The maximum Gasteiger partial charge on any atom is 0.306 e. The molecule has 0 aliphatic rings. The lowest BCUT2D eigenvalue weighted by molar-refractivity contribution is -0.870. The third kappa shape index (κ3) is 37.5. The molecule has 0 spiro atoms. The number of allylic oxidation sites excluding steroid dienone is 10. The van der Waals surface area contributed by atoms with Crippen LogP contribution in [0.2, 0.25) is 0 Å². The van der Waals surface area contributed by atoms with E-state index in [1.165, 1.54) is 51.4 Å². The Bertz CT molecular complexity index is 984. The standard InChI is InChI=1S/C41H74NO7P/c1-6-8-10-12-14-16-18-20-21-22-24-26-28-30-32-34-41(43)49-40(39-48-50(44,45)47-37-35-42(3,4)5)38-46-36-33-31-29-27-25-23-19-17-15-13-11-9-7-2/h8,10,14-17,20-21,24,26,40H,6-7,9,11-13,18-19,22-23,25,27-39H2,1-5H3/b10-8-,16-14-,17-15-,21-20-,26-24-. The maximum absolute atomic E-state index is 12.6. The third-order valence-electron chi connectivity index (χ3n) is 7.80. The number of quaternary nitrogens is 1. The molecule has 0 aliphatic heterocycles. The number of carbonyl (C=O) groups is 1. The zero-order valence-corrected chi connectivity index (χ0v) is 33.5. The number of phosphoric acid groups is 1. The smallest absolute Gasteiger partial charge is 0.306 e. The van der Waals surface area contributed by atoms with Crippen LogP contribution >= 0.6 is 7.82 Å². The molecule has 0 fully saturated rings. The largest absolute Gasteiger partial charge is 0.756 e. The summed E-state index contributed by atoms with van der Waals surface area (Å²) in [4.78, 5) is 24.9. The predicted molar refractivity (Wildman–Crippen MR) is 208 cm³/mol. The predicted octanol–water partition coefficient (Wildman–Crippen LogP) is 10.4. The molecule has 2 unspecified atom stereocenters. The van der Waals surface area contributed by atoms with Crippen LogP contribution in [0.15, 0.2) is 60.8 Å². The summed E-state index contributed by atoms with van der Waals surface area (Å²) >= 11 is 0. The van der Waals surface area contributed by atoms with E-state index in [0.717, 1.165) is 57.8 Å². The van der Waals surface area contributed by atoms with Gasteiger partial charge in [-0.15, -0.1) is 0 Å². The summed E-state index contributed by atoms with van der Waals surface area (Å²) in [5, 5.41) is 0. The molecule has 0 N–H and O–H groups in total. The van der Waals surface area contributed by atoms with E-state index < -0.39 is 13.9 Å². The molecule has 0 aromatic carbocycles. The minimum absolute atomic E-state index is 0.0141. The molecule has 0 aromatic rings. The fourth-order valence-corrected chi connectivity index (χ4v) is 5.49. The Morgan fingerprint density at radius 3 is 1.76 bits per heavy atom. The van der Waals surface area contributed by atoms with E-state index in [1.807, 2.05) is 21.1 Å². The number of phosphoric ester groups is 1. The molecule has 290 valence electrons. The number of nitrogens with zero attached hydrogens (tertiary/aromatic N) is 1. The van der Waals surface area contributed by atoms with Crippen molar-refractivity contribution >= 4 is 13.8 Å². The molecular formula is C41H74NO7P. The van der Waals surface area contributed by atoms with Crippen molar-refractivity contribution in [3.05, 3.63) is 60.8 Å². The minimum atomic E-state index is -4.53. The molecule has 0 aromatic heterocycles. The normalized spacial score (nSPS) is 14.6. The zero-order valence-electron chi connectivity index (χ0n) is 32.6. The first kappa shape index (κ1) is 48.2. The Kier molecular flexibility index (Phi) is 33.1. The Labute approximate surface area is 307 Å². The van der Waals surface area contributed by atoms with Gasteiger partial charge in [-0.25, -0.2) is 0 Å². The highest BCUT2D eigenvalue weighted by atomic mass is 31.2. The summed E-state index contributed by atoms with van der Waals surface area (Å²) < 4.78 is 34.4. The molecule has 8 nitrogen and oxygen atoms in total. The summed E-state index contributed by atoms with van der Waals surface area (Å²) in [6.07, 6.45) is 40.9. The van der Waals surface area contributed by atoms with E-state index in [-0.39, 0.29) is 32.2 Å². The van der Waals surface area contributed by atoms with Crippen LogP contribution in [0.1, 0.15) is 136 Å². The lowest BCUT2D eigenvalue weighted by atomic mass is 10.1. The molecule has 0 bridgehead atoms. The van der Waals surface area contributed by atoms with Crippen molar-refractivity contribution < 1.29 is 37.3 Å². The van der Waals surface area contributed by atoms with Gasteiger partial charge >= 0.3 is 5.97 Å². The number of ether oxygens (including phenoxy) is 2. The number of rotatable bonds is 35. The second-order valence-corrected chi connectivity index (χ2v) is 15.3. The number of unbranched alkanes of at least 4 members (excludes halogenated alkanes) is 11. The van der Waals surface area contributed by atoms with Gasteiger partial charge in [0, 0.05) is 13.0 Å². The van der Waals surface area contributed by atoms with E-state index in [2.05, 4.69) is 74.6 Å². The molecule has 9 heteroatoms. The van der Waals surface area contributed by atoms with Crippen molar-refractivity contribution in [3.8, 4) is 0 Å². The molecule has 0 heterocycles. The van der Waals surface area contributed by atoms with Gasteiger partial charge in [-0.1, -0.05) is 113 Å². The van der Waals surface area contributed by atoms with Gasteiger partial charge in [0.1, 0.15) is 19.3 Å². The van der Waals surface area contributed by atoms with Crippen LogP contribution in [-0.4, -0.2) is 70.7 Å². The van der Waals surface area contributed by atoms with Crippen molar-refractivity contribution in [1.29, 1.82) is 0 Å². The number of hydrogen-bond acceptors (Lipinski definition) is 7. The van der Waals surface area contributed by atoms with Crippen LogP contribution < -0.4 is 4.89 Å². The molecule has 0 saturated carbocycles. The summed E-state index contributed by atoms with van der Waals surface area (Å²) in [7, 11) is 1.31. The number of likely N-dealkylation sites (N-methyl/N-ethyl adjacent to an activating group) is 1. The fraction of sp³-hybridized carbons (Fsp3) is 0.732. The van der Waals surface area contributed by atoms with Crippen LogP contribution in [0, 0.1) is 0 Å². The average Bonchev–Trinajstić information content (AvgIpc) is 3.06. The van der Waals surface area contributed by atoms with Crippen molar-refractivity contribution in [2.75, 3.05) is 54.1 Å². The number of carbonyl (C=O) groups excluding carboxylic acids is 1. The van der Waals surface area contributed by atoms with Gasteiger partial charge in [0.25, 0.3) is 7.82 Å². The van der Waals surface area contributed by atoms with Crippen LogP contribution in [0.4, 0.5) is 0 Å². The number of esters is 1. The topological polar surface area (TPSA) is 94.1 Å². The monoisotopic (exact) mass is 724 g/mol. The third-order valence-corrected chi connectivity index (χ3v) is 8.77. The number of hydrogen-bond donors (Lipinski definition) is 0. The Morgan fingerprint density at radius 2 is 1.16 bits per heavy atom. The first-order chi connectivity index (χ1) is 24.1. The molecule has 0 saturated heterocycles. The van der Waals surface area contributed by atoms with Crippen LogP contribution in [0.3, 0.4) is 0 Å². The van der Waals surface area contributed by atoms with E-state index in [1.54, 1.807) is 0 Å². The second-order valence-electron chi connectivity index (χ2n) is 13.9. The molecule has 0 rings (SSSR count). The van der Waals surface area contributed by atoms with Crippen molar-refractivity contribution in [2.24, 2.45) is 0 Å². The maximum atomic E-state index is 12.6. The Hall–Kier alpha value is -1.80. The second kappa shape index (κ2) is 34.3. The lowest BCUT2D eigenvalue weighted by Crippen LogP contribution is -2.37. The van der Waals surface area contributed by atoms with Gasteiger partial charge in [0.2, 0.25) is 0 Å². The van der Waals surface area contributed by atoms with Crippen LogP contribution in [0.25, 0.3) is 0 Å². The van der Waals surface area contributed by atoms with Crippen LogP contribution in [0.5, 0.6) is 0 Å².